The third kappa shape index (κ3) is 3.94. The lowest BCUT2D eigenvalue weighted by Crippen LogP contribution is -2.05. The number of rotatable bonds is 4. The molecular formula is C21H16F2O4S. The lowest BCUT2D eigenvalue weighted by molar-refractivity contribution is -0.131. The van der Waals surface area contributed by atoms with E-state index in [2.05, 4.69) is 0 Å². The Kier molecular flexibility index (Phi) is 5.29. The molecule has 0 bridgehead atoms. The van der Waals surface area contributed by atoms with Crippen LogP contribution in [-0.4, -0.2) is 14.4 Å². The van der Waals surface area contributed by atoms with Crippen LogP contribution in [0.5, 0.6) is 5.75 Å². The van der Waals surface area contributed by atoms with E-state index in [1.54, 1.807) is 25.1 Å². The number of carbonyl (C=O) groups excluding carboxylic acids is 1. The largest absolute Gasteiger partial charge is 0.426 e. The molecule has 0 aliphatic carbocycles. The molecule has 0 radical (unpaired) electrons. The summed E-state index contributed by atoms with van der Waals surface area (Å²) in [6, 6.07) is 12.7. The highest BCUT2D eigenvalue weighted by molar-refractivity contribution is 7.91. The van der Waals surface area contributed by atoms with E-state index in [0.29, 0.717) is 5.56 Å². The smallest absolute Gasteiger partial charge is 0.308 e. The molecule has 3 aromatic rings. The quantitative estimate of drug-likeness (QED) is 0.361. The number of halogens is 2. The molecule has 4 nitrogen and oxygen atoms in total. The minimum Gasteiger partial charge on any atom is -0.426 e. The molecule has 3 aromatic carbocycles. The maximum absolute atomic E-state index is 14.8. The van der Waals surface area contributed by atoms with Crippen molar-refractivity contribution in [3.05, 3.63) is 77.9 Å². The van der Waals surface area contributed by atoms with Crippen molar-refractivity contribution < 1.29 is 26.7 Å². The third-order valence-corrected chi connectivity index (χ3v) is 5.82. The van der Waals surface area contributed by atoms with Crippen molar-refractivity contribution in [2.75, 3.05) is 0 Å². The molecular weight excluding hydrogens is 386 g/mol. The highest BCUT2D eigenvalue weighted by atomic mass is 32.2. The van der Waals surface area contributed by atoms with Crippen molar-refractivity contribution in [3.8, 4) is 16.9 Å². The number of ether oxygens (including phenoxy) is 1. The molecule has 0 unspecified atom stereocenters. The molecule has 0 aliphatic heterocycles. The van der Waals surface area contributed by atoms with Gasteiger partial charge < -0.3 is 4.74 Å². The zero-order valence-electron chi connectivity index (χ0n) is 15.1. The van der Waals surface area contributed by atoms with Gasteiger partial charge >= 0.3 is 5.97 Å². The molecule has 7 heteroatoms. The topological polar surface area (TPSA) is 60.4 Å². The average molecular weight is 402 g/mol. The fourth-order valence-electron chi connectivity index (χ4n) is 2.73. The lowest BCUT2D eigenvalue weighted by Gasteiger charge is -2.12. The van der Waals surface area contributed by atoms with Gasteiger partial charge in [-0.2, -0.15) is 0 Å². The van der Waals surface area contributed by atoms with Gasteiger partial charge in [-0.05, 0) is 61.5 Å². The zero-order valence-corrected chi connectivity index (χ0v) is 15.9. The van der Waals surface area contributed by atoms with Crippen molar-refractivity contribution >= 4 is 15.8 Å². The van der Waals surface area contributed by atoms with Crippen molar-refractivity contribution in [2.45, 2.75) is 23.6 Å². The number of esters is 1. The van der Waals surface area contributed by atoms with Gasteiger partial charge in [-0.25, -0.2) is 17.2 Å². The van der Waals surface area contributed by atoms with Crippen LogP contribution < -0.4 is 4.74 Å². The van der Waals surface area contributed by atoms with Crippen LogP contribution in [0.25, 0.3) is 11.1 Å². The Morgan fingerprint density at radius 1 is 0.857 bits per heavy atom. The Bertz CT molecular complexity index is 1150. The van der Waals surface area contributed by atoms with Crippen molar-refractivity contribution in [2.24, 2.45) is 0 Å². The molecule has 0 heterocycles. The second-order valence-corrected chi connectivity index (χ2v) is 8.14. The predicted molar refractivity (Wildman–Crippen MR) is 99.7 cm³/mol. The number of carbonyl (C=O) groups is 1. The van der Waals surface area contributed by atoms with Gasteiger partial charge in [0.2, 0.25) is 9.84 Å². The summed E-state index contributed by atoms with van der Waals surface area (Å²) in [5.41, 5.74) is 1.24. The molecule has 0 amide bonds. The molecule has 0 aromatic heterocycles. The summed E-state index contributed by atoms with van der Waals surface area (Å²) in [7, 11) is -4.01. The van der Waals surface area contributed by atoms with Gasteiger partial charge in [-0.15, -0.1) is 0 Å². The van der Waals surface area contributed by atoms with Crippen LogP contribution >= 0.6 is 0 Å². The van der Waals surface area contributed by atoms with E-state index in [-0.39, 0.29) is 21.1 Å². The molecule has 0 atom stereocenters. The molecule has 28 heavy (non-hydrogen) atoms. The standard InChI is InChI=1S/C21H16F2O4S/c1-13-3-10-21(27-14(2)24)19(11-13)18-9-8-17(12-20(18)23)28(25,26)16-6-4-15(22)5-7-16/h3-12H,1-2H3. The number of benzene rings is 3. The summed E-state index contributed by atoms with van der Waals surface area (Å²) in [5, 5.41) is 0. The Hall–Kier alpha value is -3.06. The first kappa shape index (κ1) is 19.7. The normalized spacial score (nSPS) is 11.3. The summed E-state index contributed by atoms with van der Waals surface area (Å²) in [6.45, 7) is 3.03. The first-order chi connectivity index (χ1) is 13.2. The number of sulfone groups is 1. The summed E-state index contributed by atoms with van der Waals surface area (Å²) in [5.74, 6) is -1.74. The molecule has 0 spiro atoms. The minimum atomic E-state index is -4.01. The predicted octanol–water partition coefficient (Wildman–Crippen LogP) is 4.70. The second-order valence-electron chi connectivity index (χ2n) is 6.19. The maximum Gasteiger partial charge on any atom is 0.308 e. The first-order valence-corrected chi connectivity index (χ1v) is 9.76. The summed E-state index contributed by atoms with van der Waals surface area (Å²) in [4.78, 5) is 10.9. The van der Waals surface area contributed by atoms with Crippen LogP contribution in [0, 0.1) is 18.6 Å². The third-order valence-electron chi connectivity index (χ3n) is 4.05. The van der Waals surface area contributed by atoms with E-state index in [9.17, 15) is 22.0 Å². The highest BCUT2D eigenvalue weighted by Gasteiger charge is 2.21. The van der Waals surface area contributed by atoms with Gasteiger partial charge in [0, 0.05) is 18.1 Å². The molecule has 144 valence electrons. The van der Waals surface area contributed by atoms with E-state index in [1.807, 2.05) is 0 Å². The van der Waals surface area contributed by atoms with Crippen molar-refractivity contribution in [1.29, 1.82) is 0 Å². The Labute approximate surface area is 161 Å². The molecule has 0 fully saturated rings. The van der Waals surface area contributed by atoms with E-state index in [1.165, 1.54) is 19.1 Å². The zero-order chi connectivity index (χ0) is 20.5. The molecule has 0 saturated heterocycles. The van der Waals surface area contributed by atoms with Crippen LogP contribution in [-0.2, 0) is 14.6 Å². The lowest BCUT2D eigenvalue weighted by atomic mass is 10.0. The molecule has 0 saturated carbocycles. The highest BCUT2D eigenvalue weighted by Crippen LogP contribution is 2.34. The minimum absolute atomic E-state index is 0.0954. The molecule has 0 N–H and O–H groups in total. The Balaban J connectivity index is 2.08. The summed E-state index contributed by atoms with van der Waals surface area (Å²) >= 11 is 0. The van der Waals surface area contributed by atoms with E-state index in [0.717, 1.165) is 35.9 Å². The first-order valence-electron chi connectivity index (χ1n) is 8.28. The fraction of sp³-hybridized carbons (Fsp3) is 0.0952. The van der Waals surface area contributed by atoms with Gasteiger partial charge in [-0.3, -0.25) is 4.79 Å². The van der Waals surface area contributed by atoms with Gasteiger partial charge in [-0.1, -0.05) is 11.6 Å². The van der Waals surface area contributed by atoms with Crippen LogP contribution in [0.15, 0.2) is 70.5 Å². The van der Waals surface area contributed by atoms with Gasteiger partial charge in [0.1, 0.15) is 17.4 Å². The number of aryl methyl sites for hydroxylation is 1. The summed E-state index contributed by atoms with van der Waals surface area (Å²) < 4.78 is 58.3. The van der Waals surface area contributed by atoms with E-state index >= 15 is 0 Å². The number of hydrogen-bond acceptors (Lipinski definition) is 4. The van der Waals surface area contributed by atoms with Gasteiger partial charge in [0.05, 0.1) is 9.79 Å². The van der Waals surface area contributed by atoms with Crippen LogP contribution in [0.3, 0.4) is 0 Å². The van der Waals surface area contributed by atoms with Crippen molar-refractivity contribution in [1.82, 2.24) is 0 Å². The Morgan fingerprint density at radius 3 is 2.11 bits per heavy atom. The molecule has 0 aliphatic rings. The Morgan fingerprint density at radius 2 is 1.50 bits per heavy atom. The SMILES string of the molecule is CC(=O)Oc1ccc(C)cc1-c1ccc(S(=O)(=O)c2ccc(F)cc2)cc1F. The average Bonchev–Trinajstić information content (AvgIpc) is 2.63. The second kappa shape index (κ2) is 7.52. The molecule has 3 rings (SSSR count). The van der Waals surface area contributed by atoms with Crippen LogP contribution in [0.1, 0.15) is 12.5 Å². The summed E-state index contributed by atoms with van der Waals surface area (Å²) in [6.07, 6.45) is 0. The van der Waals surface area contributed by atoms with Gasteiger partial charge in [0.15, 0.2) is 0 Å². The maximum atomic E-state index is 14.8. The number of hydrogen-bond donors (Lipinski definition) is 0. The van der Waals surface area contributed by atoms with Crippen molar-refractivity contribution in [3.63, 3.8) is 0 Å². The fourth-order valence-corrected chi connectivity index (χ4v) is 4.00. The van der Waals surface area contributed by atoms with E-state index in [4.69, 9.17) is 4.74 Å². The van der Waals surface area contributed by atoms with Crippen LogP contribution in [0.4, 0.5) is 8.78 Å². The van der Waals surface area contributed by atoms with Gasteiger partial charge in [0.25, 0.3) is 0 Å². The van der Waals surface area contributed by atoms with E-state index < -0.39 is 27.4 Å². The monoisotopic (exact) mass is 402 g/mol. The van der Waals surface area contributed by atoms with Crippen LogP contribution in [0.2, 0.25) is 0 Å².